The molecule has 1 aromatic carbocycles. The Morgan fingerprint density at radius 1 is 1.39 bits per heavy atom. The van der Waals surface area contributed by atoms with Crippen molar-refractivity contribution >= 4 is 23.2 Å². The van der Waals surface area contributed by atoms with Gasteiger partial charge in [-0.15, -0.1) is 0 Å². The molecule has 2 N–H and O–H groups in total. The van der Waals surface area contributed by atoms with Crippen molar-refractivity contribution in [2.45, 2.75) is 20.3 Å². The van der Waals surface area contributed by atoms with Crippen molar-refractivity contribution in [3.63, 3.8) is 0 Å². The van der Waals surface area contributed by atoms with E-state index in [1.54, 1.807) is 18.2 Å². The van der Waals surface area contributed by atoms with E-state index in [4.69, 9.17) is 17.3 Å². The minimum absolute atomic E-state index is 0.00829. The van der Waals surface area contributed by atoms with Gasteiger partial charge in [-0.1, -0.05) is 25.4 Å². The number of benzene rings is 1. The SMILES string of the molecule is CC1CCN(C(=O)c2cc(N)ccc2Cl)CC1C. The molecule has 18 heavy (non-hydrogen) atoms. The number of nitrogens with zero attached hydrogens (tertiary/aromatic N) is 1. The maximum absolute atomic E-state index is 12.4. The molecule has 0 radical (unpaired) electrons. The van der Waals surface area contributed by atoms with E-state index in [9.17, 15) is 4.79 Å². The van der Waals surface area contributed by atoms with Crippen molar-refractivity contribution in [2.24, 2.45) is 11.8 Å². The van der Waals surface area contributed by atoms with Gasteiger partial charge in [0.05, 0.1) is 10.6 Å². The van der Waals surface area contributed by atoms with Gasteiger partial charge in [0, 0.05) is 18.8 Å². The van der Waals surface area contributed by atoms with Crippen molar-refractivity contribution < 1.29 is 4.79 Å². The Balaban J connectivity index is 2.19. The highest BCUT2D eigenvalue weighted by Crippen LogP contribution is 2.26. The summed E-state index contributed by atoms with van der Waals surface area (Å²) in [5.41, 5.74) is 6.80. The fourth-order valence-corrected chi connectivity index (χ4v) is 2.52. The zero-order chi connectivity index (χ0) is 13.3. The molecule has 1 saturated heterocycles. The van der Waals surface area contributed by atoms with E-state index in [2.05, 4.69) is 13.8 Å². The molecule has 1 aliphatic heterocycles. The second kappa shape index (κ2) is 5.19. The first-order chi connectivity index (χ1) is 8.49. The third-order valence-corrected chi connectivity index (χ3v) is 4.17. The third-order valence-electron chi connectivity index (χ3n) is 3.84. The van der Waals surface area contributed by atoms with Gasteiger partial charge in [0.15, 0.2) is 0 Å². The number of likely N-dealkylation sites (tertiary alicyclic amines) is 1. The van der Waals surface area contributed by atoms with E-state index in [1.807, 2.05) is 4.90 Å². The molecule has 2 atom stereocenters. The van der Waals surface area contributed by atoms with Gasteiger partial charge in [0.1, 0.15) is 0 Å². The van der Waals surface area contributed by atoms with E-state index in [0.29, 0.717) is 28.1 Å². The summed E-state index contributed by atoms with van der Waals surface area (Å²) in [6, 6.07) is 5.05. The molecule has 2 rings (SSSR count). The lowest BCUT2D eigenvalue weighted by atomic mass is 9.88. The van der Waals surface area contributed by atoms with Crippen molar-refractivity contribution in [1.82, 2.24) is 4.90 Å². The lowest BCUT2D eigenvalue weighted by Crippen LogP contribution is -2.42. The van der Waals surface area contributed by atoms with Crippen LogP contribution in [0.2, 0.25) is 5.02 Å². The maximum Gasteiger partial charge on any atom is 0.255 e. The third kappa shape index (κ3) is 2.61. The molecule has 0 aromatic heterocycles. The molecule has 98 valence electrons. The number of carbonyl (C=O) groups is 1. The quantitative estimate of drug-likeness (QED) is 0.794. The van der Waals surface area contributed by atoms with Crippen LogP contribution >= 0.6 is 11.6 Å². The lowest BCUT2D eigenvalue weighted by molar-refractivity contribution is 0.0627. The van der Waals surface area contributed by atoms with Crippen LogP contribution in [0.1, 0.15) is 30.6 Å². The van der Waals surface area contributed by atoms with Gasteiger partial charge in [-0.25, -0.2) is 0 Å². The lowest BCUT2D eigenvalue weighted by Gasteiger charge is -2.35. The Hall–Kier alpha value is -1.22. The van der Waals surface area contributed by atoms with E-state index in [1.165, 1.54) is 0 Å². The number of rotatable bonds is 1. The van der Waals surface area contributed by atoms with Gasteiger partial charge in [-0.05, 0) is 36.5 Å². The molecule has 4 heteroatoms. The minimum atomic E-state index is -0.00829. The van der Waals surface area contributed by atoms with E-state index < -0.39 is 0 Å². The van der Waals surface area contributed by atoms with E-state index in [0.717, 1.165) is 19.5 Å². The number of anilines is 1. The summed E-state index contributed by atoms with van der Waals surface area (Å²) in [6.45, 7) is 6.02. The van der Waals surface area contributed by atoms with Crippen molar-refractivity contribution in [3.8, 4) is 0 Å². The van der Waals surface area contributed by atoms with Gasteiger partial charge in [0.25, 0.3) is 5.91 Å². The number of nitrogen functional groups attached to an aromatic ring is 1. The highest BCUT2D eigenvalue weighted by Gasteiger charge is 2.27. The molecule has 0 saturated carbocycles. The van der Waals surface area contributed by atoms with Crippen LogP contribution in [-0.4, -0.2) is 23.9 Å². The fourth-order valence-electron chi connectivity index (χ4n) is 2.32. The zero-order valence-electron chi connectivity index (χ0n) is 10.8. The average molecular weight is 267 g/mol. The Labute approximate surface area is 113 Å². The smallest absolute Gasteiger partial charge is 0.255 e. The number of hydrogen-bond acceptors (Lipinski definition) is 2. The normalized spacial score (nSPS) is 24.1. The minimum Gasteiger partial charge on any atom is -0.399 e. The summed E-state index contributed by atoms with van der Waals surface area (Å²) >= 11 is 6.07. The molecular formula is C14H19ClN2O. The van der Waals surface area contributed by atoms with Crippen LogP contribution in [0, 0.1) is 11.8 Å². The van der Waals surface area contributed by atoms with Crippen LogP contribution in [0.15, 0.2) is 18.2 Å². The molecule has 3 nitrogen and oxygen atoms in total. The van der Waals surface area contributed by atoms with E-state index >= 15 is 0 Å². The van der Waals surface area contributed by atoms with Gasteiger partial charge in [-0.2, -0.15) is 0 Å². The van der Waals surface area contributed by atoms with Gasteiger partial charge in [0.2, 0.25) is 0 Å². The van der Waals surface area contributed by atoms with Gasteiger partial charge >= 0.3 is 0 Å². The number of nitrogens with two attached hydrogens (primary N) is 1. The summed E-state index contributed by atoms with van der Waals surface area (Å²) in [5.74, 6) is 1.19. The molecule has 0 aliphatic carbocycles. The summed E-state index contributed by atoms with van der Waals surface area (Å²) < 4.78 is 0. The summed E-state index contributed by atoms with van der Waals surface area (Å²) in [7, 11) is 0. The Morgan fingerprint density at radius 2 is 2.11 bits per heavy atom. The van der Waals surface area contributed by atoms with Crippen molar-refractivity contribution in [3.05, 3.63) is 28.8 Å². The number of carbonyl (C=O) groups excluding carboxylic acids is 1. The molecule has 0 spiro atoms. The van der Waals surface area contributed by atoms with Crippen LogP contribution < -0.4 is 5.73 Å². The predicted molar refractivity (Wildman–Crippen MR) is 74.7 cm³/mol. The molecule has 1 amide bonds. The number of halogens is 1. The molecule has 0 bridgehead atoms. The molecule has 1 fully saturated rings. The summed E-state index contributed by atoms with van der Waals surface area (Å²) in [6.07, 6.45) is 1.05. The molecule has 1 heterocycles. The molecule has 1 aromatic rings. The second-order valence-corrected chi connectivity index (χ2v) is 5.64. The zero-order valence-corrected chi connectivity index (χ0v) is 11.6. The van der Waals surface area contributed by atoms with Crippen molar-refractivity contribution in [1.29, 1.82) is 0 Å². The molecular weight excluding hydrogens is 248 g/mol. The maximum atomic E-state index is 12.4. The summed E-state index contributed by atoms with van der Waals surface area (Å²) in [5, 5.41) is 0.473. The van der Waals surface area contributed by atoms with Crippen LogP contribution in [0.4, 0.5) is 5.69 Å². The van der Waals surface area contributed by atoms with Crippen LogP contribution in [-0.2, 0) is 0 Å². The standard InChI is InChI=1S/C14H19ClN2O/c1-9-5-6-17(8-10(9)2)14(18)12-7-11(16)3-4-13(12)15/h3-4,7,9-10H,5-6,8,16H2,1-2H3. The Morgan fingerprint density at radius 3 is 2.78 bits per heavy atom. The largest absolute Gasteiger partial charge is 0.399 e. The first-order valence-electron chi connectivity index (χ1n) is 6.33. The average Bonchev–Trinajstić information content (AvgIpc) is 2.35. The van der Waals surface area contributed by atoms with Crippen molar-refractivity contribution in [2.75, 3.05) is 18.8 Å². The van der Waals surface area contributed by atoms with Crippen LogP contribution in [0.3, 0.4) is 0 Å². The highest BCUT2D eigenvalue weighted by atomic mass is 35.5. The Kier molecular flexibility index (Phi) is 3.81. The summed E-state index contributed by atoms with van der Waals surface area (Å²) in [4.78, 5) is 14.3. The molecule has 1 aliphatic rings. The van der Waals surface area contributed by atoms with Gasteiger partial charge in [-0.3, -0.25) is 4.79 Å². The Bertz CT molecular complexity index is 461. The molecule has 2 unspecified atom stereocenters. The fraction of sp³-hybridized carbons (Fsp3) is 0.500. The van der Waals surface area contributed by atoms with Crippen LogP contribution in [0.25, 0.3) is 0 Å². The van der Waals surface area contributed by atoms with Gasteiger partial charge < -0.3 is 10.6 Å². The first kappa shape index (κ1) is 13.2. The topological polar surface area (TPSA) is 46.3 Å². The number of hydrogen-bond donors (Lipinski definition) is 1. The number of amides is 1. The predicted octanol–water partition coefficient (Wildman–Crippen LogP) is 3.04. The number of piperidine rings is 1. The second-order valence-electron chi connectivity index (χ2n) is 5.23. The van der Waals surface area contributed by atoms with Crippen LogP contribution in [0.5, 0.6) is 0 Å². The van der Waals surface area contributed by atoms with E-state index in [-0.39, 0.29) is 5.91 Å². The highest BCUT2D eigenvalue weighted by molar-refractivity contribution is 6.34. The monoisotopic (exact) mass is 266 g/mol. The first-order valence-corrected chi connectivity index (χ1v) is 6.71.